The van der Waals surface area contributed by atoms with E-state index in [4.69, 9.17) is 4.74 Å². The molecule has 1 N–H and O–H groups in total. The lowest BCUT2D eigenvalue weighted by molar-refractivity contribution is -0.0282. The average molecular weight is 281 g/mol. The van der Waals surface area contributed by atoms with Gasteiger partial charge in [0, 0.05) is 19.6 Å². The van der Waals surface area contributed by atoms with Crippen molar-refractivity contribution in [2.75, 3.05) is 26.7 Å². The van der Waals surface area contributed by atoms with Crippen LogP contribution in [0.25, 0.3) is 0 Å². The van der Waals surface area contributed by atoms with Gasteiger partial charge in [-0.15, -0.1) is 0 Å². The molecule has 4 heteroatoms. The quantitative estimate of drug-likeness (QED) is 0.921. The highest BCUT2D eigenvalue weighted by atomic mass is 19.1. The summed E-state index contributed by atoms with van der Waals surface area (Å²) in [5.74, 6) is 0.428. The molecule has 112 valence electrons. The summed E-state index contributed by atoms with van der Waals surface area (Å²) in [7, 11) is 1.44. The zero-order valence-corrected chi connectivity index (χ0v) is 12.5. The maximum Gasteiger partial charge on any atom is 0.165 e. The molecule has 1 fully saturated rings. The van der Waals surface area contributed by atoms with Crippen LogP contribution in [0, 0.1) is 11.7 Å². The van der Waals surface area contributed by atoms with Gasteiger partial charge in [-0.25, -0.2) is 4.39 Å². The molecular weight excluding hydrogens is 257 g/mol. The monoisotopic (exact) mass is 281 g/mol. The molecule has 0 saturated carbocycles. The molecule has 1 aromatic carbocycles. The van der Waals surface area contributed by atoms with Crippen molar-refractivity contribution in [3.05, 3.63) is 29.6 Å². The molecule has 0 bridgehead atoms. The lowest BCUT2D eigenvalue weighted by Crippen LogP contribution is -2.43. The van der Waals surface area contributed by atoms with Gasteiger partial charge in [0.15, 0.2) is 11.6 Å². The predicted molar refractivity (Wildman–Crippen MR) is 77.4 cm³/mol. The molecule has 0 aromatic heterocycles. The smallest absolute Gasteiger partial charge is 0.165 e. The van der Waals surface area contributed by atoms with E-state index >= 15 is 0 Å². The summed E-state index contributed by atoms with van der Waals surface area (Å²) >= 11 is 0. The number of piperidine rings is 1. The van der Waals surface area contributed by atoms with Crippen LogP contribution < -0.4 is 4.74 Å². The number of methoxy groups -OCH3 is 1. The summed E-state index contributed by atoms with van der Waals surface area (Å²) in [6.45, 7) is 7.14. The second kappa shape index (κ2) is 6.10. The second-order valence-corrected chi connectivity index (χ2v) is 6.08. The Bertz CT molecular complexity index is 454. The summed E-state index contributed by atoms with van der Waals surface area (Å²) in [6.07, 6.45) is 1.29. The maximum atomic E-state index is 13.8. The molecule has 3 nitrogen and oxygen atoms in total. The predicted octanol–water partition coefficient (Wildman–Crippen LogP) is 2.77. The fraction of sp³-hybridized carbons (Fsp3) is 0.625. The van der Waals surface area contributed by atoms with Gasteiger partial charge in [0.05, 0.1) is 12.7 Å². The number of halogens is 1. The molecule has 1 aromatic rings. The molecule has 1 aliphatic rings. The number of hydrogen-bond donors (Lipinski definition) is 1. The lowest BCUT2D eigenvalue weighted by Gasteiger charge is -2.39. The third-order valence-corrected chi connectivity index (χ3v) is 4.00. The summed E-state index contributed by atoms with van der Waals surface area (Å²) in [4.78, 5) is 2.36. The molecule has 1 aliphatic heterocycles. The standard InChI is InChI=1S/C16H24FNO2/c1-12(2)11-18-8-6-16(19,7-9-18)13-4-5-15(20-3)14(17)10-13/h4-5,10,12,19H,6-9,11H2,1-3H3. The summed E-state index contributed by atoms with van der Waals surface area (Å²) < 4.78 is 18.7. The lowest BCUT2D eigenvalue weighted by atomic mass is 9.84. The van der Waals surface area contributed by atoms with Crippen molar-refractivity contribution in [3.63, 3.8) is 0 Å². The molecular formula is C16H24FNO2. The van der Waals surface area contributed by atoms with E-state index in [-0.39, 0.29) is 5.75 Å². The van der Waals surface area contributed by atoms with Crippen LogP contribution >= 0.6 is 0 Å². The SMILES string of the molecule is COc1ccc(C2(O)CCN(CC(C)C)CC2)cc1F. The average Bonchev–Trinajstić information content (AvgIpc) is 2.41. The van der Waals surface area contributed by atoms with Gasteiger partial charge < -0.3 is 14.7 Å². The molecule has 0 radical (unpaired) electrons. The molecule has 0 unspecified atom stereocenters. The van der Waals surface area contributed by atoms with Crippen LogP contribution in [0.5, 0.6) is 5.75 Å². The van der Waals surface area contributed by atoms with Crippen molar-refractivity contribution in [1.29, 1.82) is 0 Å². The van der Waals surface area contributed by atoms with Gasteiger partial charge in [0.2, 0.25) is 0 Å². The molecule has 1 saturated heterocycles. The van der Waals surface area contributed by atoms with Crippen molar-refractivity contribution < 1.29 is 14.2 Å². The Hall–Kier alpha value is -1.13. The van der Waals surface area contributed by atoms with Crippen LogP contribution in [0.2, 0.25) is 0 Å². The van der Waals surface area contributed by atoms with Crippen LogP contribution in [0.4, 0.5) is 4.39 Å². The zero-order valence-electron chi connectivity index (χ0n) is 12.5. The van der Waals surface area contributed by atoms with Gasteiger partial charge in [-0.05, 0) is 36.5 Å². The maximum absolute atomic E-state index is 13.8. The Balaban J connectivity index is 2.07. The van der Waals surface area contributed by atoms with Crippen LogP contribution in [-0.2, 0) is 5.60 Å². The number of nitrogens with zero attached hydrogens (tertiary/aromatic N) is 1. The molecule has 0 spiro atoms. The van der Waals surface area contributed by atoms with Gasteiger partial charge in [-0.2, -0.15) is 0 Å². The van der Waals surface area contributed by atoms with Crippen molar-refractivity contribution in [1.82, 2.24) is 4.90 Å². The van der Waals surface area contributed by atoms with E-state index in [0.717, 1.165) is 19.6 Å². The highest BCUT2D eigenvalue weighted by Crippen LogP contribution is 2.34. The van der Waals surface area contributed by atoms with Gasteiger partial charge >= 0.3 is 0 Å². The molecule has 0 atom stereocenters. The molecule has 0 amide bonds. The third-order valence-electron chi connectivity index (χ3n) is 4.00. The van der Waals surface area contributed by atoms with Gasteiger partial charge in [-0.1, -0.05) is 19.9 Å². The zero-order chi connectivity index (χ0) is 14.8. The Morgan fingerprint density at radius 2 is 2.00 bits per heavy atom. The first-order chi connectivity index (χ1) is 9.44. The first kappa shape index (κ1) is 15.3. The van der Waals surface area contributed by atoms with E-state index in [2.05, 4.69) is 18.7 Å². The number of aliphatic hydroxyl groups is 1. The number of likely N-dealkylation sites (tertiary alicyclic amines) is 1. The van der Waals surface area contributed by atoms with Crippen LogP contribution in [0.15, 0.2) is 18.2 Å². The van der Waals surface area contributed by atoms with Crippen molar-refractivity contribution in [2.24, 2.45) is 5.92 Å². The number of benzene rings is 1. The first-order valence-corrected chi connectivity index (χ1v) is 7.23. The van der Waals surface area contributed by atoms with E-state index in [1.807, 2.05) is 0 Å². The van der Waals surface area contributed by atoms with Crippen molar-refractivity contribution >= 4 is 0 Å². The van der Waals surface area contributed by atoms with E-state index in [9.17, 15) is 9.50 Å². The highest BCUT2D eigenvalue weighted by molar-refractivity contribution is 5.32. The minimum atomic E-state index is -0.916. The topological polar surface area (TPSA) is 32.7 Å². The minimum absolute atomic E-state index is 0.217. The number of ether oxygens (including phenoxy) is 1. The fourth-order valence-corrected chi connectivity index (χ4v) is 2.87. The summed E-state index contributed by atoms with van der Waals surface area (Å²) in [6, 6.07) is 4.75. The van der Waals surface area contributed by atoms with E-state index in [0.29, 0.717) is 24.3 Å². The normalized spacial score (nSPS) is 19.3. The van der Waals surface area contributed by atoms with Crippen LogP contribution in [0.3, 0.4) is 0 Å². The van der Waals surface area contributed by atoms with Gasteiger partial charge in [0.25, 0.3) is 0 Å². The van der Waals surface area contributed by atoms with E-state index in [1.54, 1.807) is 12.1 Å². The number of rotatable bonds is 4. The Morgan fingerprint density at radius 1 is 1.35 bits per heavy atom. The van der Waals surface area contributed by atoms with Crippen LogP contribution in [0.1, 0.15) is 32.3 Å². The Morgan fingerprint density at radius 3 is 2.50 bits per heavy atom. The fourth-order valence-electron chi connectivity index (χ4n) is 2.87. The van der Waals surface area contributed by atoms with E-state index < -0.39 is 11.4 Å². The second-order valence-electron chi connectivity index (χ2n) is 6.08. The molecule has 20 heavy (non-hydrogen) atoms. The Kier molecular flexibility index (Phi) is 4.66. The van der Waals surface area contributed by atoms with Gasteiger partial charge in [0.1, 0.15) is 0 Å². The largest absolute Gasteiger partial charge is 0.494 e. The molecule has 2 rings (SSSR count). The van der Waals surface area contributed by atoms with Gasteiger partial charge in [-0.3, -0.25) is 0 Å². The third kappa shape index (κ3) is 3.30. The summed E-state index contributed by atoms with van der Waals surface area (Å²) in [5.41, 5.74) is -0.263. The molecule has 0 aliphatic carbocycles. The molecule has 1 heterocycles. The summed E-state index contributed by atoms with van der Waals surface area (Å²) in [5, 5.41) is 10.7. The van der Waals surface area contributed by atoms with Crippen molar-refractivity contribution in [2.45, 2.75) is 32.3 Å². The minimum Gasteiger partial charge on any atom is -0.494 e. The highest BCUT2D eigenvalue weighted by Gasteiger charge is 2.34. The van der Waals surface area contributed by atoms with Crippen molar-refractivity contribution in [3.8, 4) is 5.75 Å². The van der Waals surface area contributed by atoms with E-state index in [1.165, 1.54) is 13.2 Å². The number of hydrogen-bond acceptors (Lipinski definition) is 3. The first-order valence-electron chi connectivity index (χ1n) is 7.23. The Labute approximate surface area is 120 Å². The van der Waals surface area contributed by atoms with Crippen LogP contribution in [-0.4, -0.2) is 36.8 Å².